The van der Waals surface area contributed by atoms with Crippen LogP contribution in [-0.4, -0.2) is 55.5 Å². The Morgan fingerprint density at radius 1 is 1.04 bits per heavy atom. The zero-order valence-electron chi connectivity index (χ0n) is 13.7. The van der Waals surface area contributed by atoms with Gasteiger partial charge in [0.15, 0.2) is 0 Å². The molecule has 1 fully saturated rings. The van der Waals surface area contributed by atoms with Gasteiger partial charge in [-0.05, 0) is 31.5 Å². The fourth-order valence-corrected chi connectivity index (χ4v) is 2.96. The summed E-state index contributed by atoms with van der Waals surface area (Å²) in [5.74, 6) is 1.51. The molecule has 1 N–H and O–H groups in total. The van der Waals surface area contributed by atoms with Crippen molar-refractivity contribution in [1.29, 1.82) is 5.41 Å². The molecular formula is C18H24ClN3O. The molecular weight excluding hydrogens is 310 g/mol. The number of halogens is 1. The molecule has 23 heavy (non-hydrogen) atoms. The summed E-state index contributed by atoms with van der Waals surface area (Å²) in [6, 6.07) is 12.2. The zero-order valence-corrected chi connectivity index (χ0v) is 14.5. The van der Waals surface area contributed by atoms with Crippen LogP contribution < -0.4 is 4.74 Å². The van der Waals surface area contributed by atoms with Crippen LogP contribution in [0.1, 0.15) is 12.5 Å². The monoisotopic (exact) mass is 333 g/mol. The van der Waals surface area contributed by atoms with Gasteiger partial charge in [-0.2, -0.15) is 0 Å². The molecule has 1 aliphatic heterocycles. The third kappa shape index (κ3) is 3.59. The van der Waals surface area contributed by atoms with Gasteiger partial charge in [-0.3, -0.25) is 5.41 Å². The van der Waals surface area contributed by atoms with Crippen LogP contribution >= 0.6 is 12.4 Å². The second-order valence-corrected chi connectivity index (χ2v) is 5.73. The van der Waals surface area contributed by atoms with Crippen molar-refractivity contribution < 1.29 is 4.74 Å². The first-order chi connectivity index (χ1) is 10.7. The van der Waals surface area contributed by atoms with Crippen molar-refractivity contribution in [2.45, 2.75) is 6.92 Å². The van der Waals surface area contributed by atoms with Crippen LogP contribution in [0.2, 0.25) is 0 Å². The molecule has 1 aliphatic rings. The minimum absolute atomic E-state index is 0. The Morgan fingerprint density at radius 3 is 2.35 bits per heavy atom. The molecule has 3 rings (SSSR count). The minimum Gasteiger partial charge on any atom is -0.493 e. The van der Waals surface area contributed by atoms with Crippen LogP contribution in [0.4, 0.5) is 0 Å². The molecule has 0 atom stereocenters. The molecule has 1 saturated heterocycles. The molecule has 2 aromatic carbocycles. The summed E-state index contributed by atoms with van der Waals surface area (Å²) in [5.41, 5.74) is 0.989. The van der Waals surface area contributed by atoms with Crippen molar-refractivity contribution in [2.24, 2.45) is 0 Å². The summed E-state index contributed by atoms with van der Waals surface area (Å²) in [7, 11) is 2.13. The van der Waals surface area contributed by atoms with Gasteiger partial charge >= 0.3 is 0 Å². The molecule has 5 heteroatoms. The van der Waals surface area contributed by atoms with Gasteiger partial charge < -0.3 is 14.5 Å². The average Bonchev–Trinajstić information content (AvgIpc) is 2.55. The zero-order chi connectivity index (χ0) is 15.5. The van der Waals surface area contributed by atoms with E-state index in [-0.39, 0.29) is 12.4 Å². The molecule has 0 bridgehead atoms. The first-order valence-corrected chi connectivity index (χ1v) is 7.87. The molecule has 0 amide bonds. The van der Waals surface area contributed by atoms with E-state index in [1.165, 1.54) is 0 Å². The molecule has 0 saturated carbocycles. The van der Waals surface area contributed by atoms with Crippen molar-refractivity contribution in [3.8, 4) is 5.75 Å². The Labute approximate surface area is 143 Å². The second-order valence-electron chi connectivity index (χ2n) is 5.73. The highest BCUT2D eigenvalue weighted by atomic mass is 35.5. The number of hydrogen-bond acceptors (Lipinski definition) is 3. The Kier molecular flexibility index (Phi) is 5.85. The summed E-state index contributed by atoms with van der Waals surface area (Å²) in [6.45, 7) is 6.50. The lowest BCUT2D eigenvalue weighted by Crippen LogP contribution is -2.47. The smallest absolute Gasteiger partial charge is 0.128 e. The van der Waals surface area contributed by atoms with Gasteiger partial charge in [0, 0.05) is 37.1 Å². The van der Waals surface area contributed by atoms with Crippen LogP contribution in [0.3, 0.4) is 0 Å². The number of fused-ring (bicyclic) bond motifs is 1. The molecule has 0 aliphatic carbocycles. The van der Waals surface area contributed by atoms with Gasteiger partial charge in [-0.1, -0.05) is 24.3 Å². The fraction of sp³-hybridized carbons (Fsp3) is 0.389. The van der Waals surface area contributed by atoms with E-state index >= 15 is 0 Å². The number of nitrogens with zero attached hydrogens (tertiary/aromatic N) is 2. The number of benzene rings is 2. The maximum Gasteiger partial charge on any atom is 0.128 e. The number of ether oxygens (including phenoxy) is 1. The summed E-state index contributed by atoms with van der Waals surface area (Å²) >= 11 is 0. The number of likely N-dealkylation sites (N-methyl/N-ethyl adjacent to an activating group) is 1. The summed E-state index contributed by atoms with van der Waals surface area (Å²) in [4.78, 5) is 4.47. The average molecular weight is 334 g/mol. The van der Waals surface area contributed by atoms with Gasteiger partial charge in [0.2, 0.25) is 0 Å². The van der Waals surface area contributed by atoms with Crippen LogP contribution in [0.5, 0.6) is 5.75 Å². The van der Waals surface area contributed by atoms with Crippen molar-refractivity contribution in [3.63, 3.8) is 0 Å². The molecule has 0 radical (unpaired) electrons. The van der Waals surface area contributed by atoms with E-state index < -0.39 is 0 Å². The lowest BCUT2D eigenvalue weighted by molar-refractivity contribution is 0.215. The van der Waals surface area contributed by atoms with Crippen LogP contribution in [-0.2, 0) is 0 Å². The van der Waals surface area contributed by atoms with Gasteiger partial charge in [0.25, 0.3) is 0 Å². The van der Waals surface area contributed by atoms with E-state index in [0.717, 1.165) is 48.3 Å². The van der Waals surface area contributed by atoms with Gasteiger partial charge in [-0.25, -0.2) is 0 Å². The van der Waals surface area contributed by atoms with E-state index in [1.807, 2.05) is 31.2 Å². The molecule has 2 aromatic rings. The Bertz CT molecular complexity index is 681. The van der Waals surface area contributed by atoms with E-state index in [1.54, 1.807) is 0 Å². The highest BCUT2D eigenvalue weighted by molar-refractivity contribution is 6.09. The largest absolute Gasteiger partial charge is 0.493 e. The molecule has 0 aromatic heterocycles. The van der Waals surface area contributed by atoms with Gasteiger partial charge in [0.1, 0.15) is 11.6 Å². The second kappa shape index (κ2) is 7.66. The van der Waals surface area contributed by atoms with Crippen LogP contribution in [0.15, 0.2) is 36.4 Å². The number of hydrogen-bond donors (Lipinski definition) is 1. The predicted molar refractivity (Wildman–Crippen MR) is 98.3 cm³/mol. The number of rotatable bonds is 3. The van der Waals surface area contributed by atoms with E-state index in [4.69, 9.17) is 10.1 Å². The van der Waals surface area contributed by atoms with Crippen LogP contribution in [0, 0.1) is 5.41 Å². The molecule has 0 unspecified atom stereocenters. The first-order valence-electron chi connectivity index (χ1n) is 7.87. The summed E-state index contributed by atoms with van der Waals surface area (Å²) in [5, 5.41) is 10.8. The summed E-state index contributed by atoms with van der Waals surface area (Å²) < 4.78 is 5.72. The van der Waals surface area contributed by atoms with Crippen molar-refractivity contribution >= 4 is 29.0 Å². The summed E-state index contributed by atoms with van der Waals surface area (Å²) in [6.07, 6.45) is 0. The Hall–Kier alpha value is -1.78. The van der Waals surface area contributed by atoms with E-state index in [9.17, 15) is 0 Å². The minimum atomic E-state index is 0. The number of piperazine rings is 1. The molecule has 1 heterocycles. The van der Waals surface area contributed by atoms with Gasteiger partial charge in [0.05, 0.1) is 6.61 Å². The predicted octanol–water partition coefficient (Wildman–Crippen LogP) is 3.23. The maximum atomic E-state index is 8.61. The maximum absolute atomic E-state index is 8.61. The van der Waals surface area contributed by atoms with Gasteiger partial charge in [-0.15, -0.1) is 12.4 Å². The van der Waals surface area contributed by atoms with Crippen molar-refractivity contribution in [1.82, 2.24) is 9.80 Å². The van der Waals surface area contributed by atoms with E-state index in [0.29, 0.717) is 12.4 Å². The Balaban J connectivity index is 0.00000192. The lowest BCUT2D eigenvalue weighted by atomic mass is 10.0. The Morgan fingerprint density at radius 2 is 1.70 bits per heavy atom. The normalized spacial score (nSPS) is 15.3. The van der Waals surface area contributed by atoms with E-state index in [2.05, 4.69) is 29.0 Å². The van der Waals surface area contributed by atoms with Crippen molar-refractivity contribution in [3.05, 3.63) is 42.0 Å². The quantitative estimate of drug-likeness (QED) is 0.692. The highest BCUT2D eigenvalue weighted by Gasteiger charge is 2.19. The van der Waals surface area contributed by atoms with Crippen LogP contribution in [0.25, 0.3) is 10.8 Å². The van der Waals surface area contributed by atoms with Crippen molar-refractivity contribution in [2.75, 3.05) is 39.8 Å². The highest BCUT2D eigenvalue weighted by Crippen LogP contribution is 2.29. The third-order valence-electron chi connectivity index (χ3n) is 4.26. The third-order valence-corrected chi connectivity index (χ3v) is 4.26. The standard InChI is InChI=1S/C18H23N3O.ClH/c1-3-22-17-9-8-16(14-6-4-5-7-15(14)17)18(19)21-12-10-20(2)11-13-21;/h4-9,19H,3,10-13H2,1-2H3;1H. The topological polar surface area (TPSA) is 39.6 Å². The molecule has 124 valence electrons. The number of amidine groups is 1. The molecule has 4 nitrogen and oxygen atoms in total. The fourth-order valence-electron chi connectivity index (χ4n) is 2.96. The lowest BCUT2D eigenvalue weighted by Gasteiger charge is -2.34. The number of nitrogens with one attached hydrogen (secondary N) is 1. The molecule has 0 spiro atoms. The SMILES string of the molecule is CCOc1ccc(C(=N)N2CCN(C)CC2)c2ccccc12.Cl. The first kappa shape index (κ1) is 17.6.